The van der Waals surface area contributed by atoms with Gasteiger partial charge in [-0.25, -0.2) is 0 Å². The number of carbonyl (C=O) groups is 7. The summed E-state index contributed by atoms with van der Waals surface area (Å²) in [6, 6.07) is 9.29. The molecule has 2 aliphatic heterocycles. The van der Waals surface area contributed by atoms with E-state index < -0.39 is 65.5 Å². The third kappa shape index (κ3) is 11.9. The standard InChI is InChI=1S/C36H45N9O8/c37-36(38)39-16-4-8-26-31(49)34(52)44-27(19-22-6-2-1-3-7-22)32(50)42-24(18-23-10-13-25(47)14-11-23)12-15-30(48)40-20-28(41-21-46)35(53)45-17-5-9-29(45)33(51)43-26/h1-3,6-7,10-15,21,24,26-29,47H,4-5,8-9,16-20H2,(H,40,48)(H,41,46)(H,42,50)(H,43,51)(H,44,52)(H4,37,38,39)/t24-,26+,27-,28?,29+/m1/s1. The van der Waals surface area contributed by atoms with E-state index in [4.69, 9.17) is 11.5 Å². The number of fused-ring (bicyclic) bond motifs is 1. The Balaban J connectivity index is 1.71. The molecule has 1 fully saturated rings. The summed E-state index contributed by atoms with van der Waals surface area (Å²) in [7, 11) is 0. The first-order chi connectivity index (χ1) is 25.4. The first kappa shape index (κ1) is 39.5. The van der Waals surface area contributed by atoms with E-state index in [0.717, 1.165) is 6.08 Å². The van der Waals surface area contributed by atoms with Gasteiger partial charge in [0.15, 0.2) is 5.96 Å². The predicted octanol–water partition coefficient (Wildman–Crippen LogP) is -1.95. The molecular formula is C36H45N9O8. The summed E-state index contributed by atoms with van der Waals surface area (Å²) in [5, 5.41) is 22.7. The van der Waals surface area contributed by atoms with Crippen LogP contribution in [0.15, 0.2) is 71.7 Å². The molecule has 17 heteroatoms. The Morgan fingerprint density at radius 2 is 1.62 bits per heavy atom. The molecule has 0 radical (unpaired) electrons. The Labute approximate surface area is 306 Å². The fourth-order valence-corrected chi connectivity index (χ4v) is 6.09. The third-order valence-electron chi connectivity index (χ3n) is 8.79. The van der Waals surface area contributed by atoms with Crippen molar-refractivity contribution in [2.45, 2.75) is 68.7 Å². The number of aliphatic imine (C=N–C) groups is 1. The van der Waals surface area contributed by atoms with E-state index in [2.05, 4.69) is 31.6 Å². The van der Waals surface area contributed by atoms with E-state index in [1.54, 1.807) is 42.5 Å². The maximum absolute atomic E-state index is 13.9. The fraction of sp³-hybridized carbons (Fsp3) is 0.389. The molecule has 2 aromatic carbocycles. The van der Waals surface area contributed by atoms with E-state index in [1.165, 1.54) is 23.1 Å². The van der Waals surface area contributed by atoms with Gasteiger partial charge in [-0.3, -0.25) is 38.6 Å². The molecule has 1 saturated heterocycles. The zero-order valence-corrected chi connectivity index (χ0v) is 29.0. The lowest BCUT2D eigenvalue weighted by atomic mass is 10.0. The first-order valence-corrected chi connectivity index (χ1v) is 17.2. The molecule has 0 bridgehead atoms. The van der Waals surface area contributed by atoms with Gasteiger partial charge < -0.3 is 48.1 Å². The van der Waals surface area contributed by atoms with Crippen molar-refractivity contribution in [1.29, 1.82) is 0 Å². The number of phenolic OH excluding ortho intramolecular Hbond substituents is 1. The maximum Gasteiger partial charge on any atom is 0.290 e. The second-order valence-corrected chi connectivity index (χ2v) is 12.7. The van der Waals surface area contributed by atoms with Crippen LogP contribution in [0.25, 0.3) is 0 Å². The van der Waals surface area contributed by atoms with Gasteiger partial charge in [0.05, 0.1) is 12.1 Å². The molecule has 4 rings (SSSR count). The van der Waals surface area contributed by atoms with Crippen molar-refractivity contribution in [3.05, 3.63) is 77.9 Å². The number of ketones is 1. The van der Waals surface area contributed by atoms with Crippen LogP contribution in [-0.2, 0) is 46.4 Å². The number of benzene rings is 2. The van der Waals surface area contributed by atoms with Gasteiger partial charge in [-0.05, 0) is 55.4 Å². The van der Waals surface area contributed by atoms with Crippen LogP contribution in [0.2, 0.25) is 0 Å². The Morgan fingerprint density at radius 3 is 2.32 bits per heavy atom. The van der Waals surface area contributed by atoms with Crippen LogP contribution >= 0.6 is 0 Å². The predicted molar refractivity (Wildman–Crippen MR) is 193 cm³/mol. The van der Waals surface area contributed by atoms with E-state index in [1.807, 2.05) is 0 Å². The topological polar surface area (TPSA) is 268 Å². The minimum absolute atomic E-state index is 0.00634. The molecule has 17 nitrogen and oxygen atoms in total. The van der Waals surface area contributed by atoms with Gasteiger partial charge in [0.1, 0.15) is 23.9 Å². The van der Waals surface area contributed by atoms with E-state index in [0.29, 0.717) is 24.0 Å². The Kier molecular flexibility index (Phi) is 14.4. The largest absolute Gasteiger partial charge is 0.508 e. The monoisotopic (exact) mass is 731 g/mol. The van der Waals surface area contributed by atoms with Crippen molar-refractivity contribution in [2.24, 2.45) is 16.5 Å². The van der Waals surface area contributed by atoms with Crippen LogP contribution in [-0.4, -0.2) is 108 Å². The number of carbonyl (C=O) groups excluding carboxylic acids is 7. The summed E-state index contributed by atoms with van der Waals surface area (Å²) in [5.74, 6) is -4.95. The lowest BCUT2D eigenvalue weighted by Crippen LogP contribution is -2.58. The highest BCUT2D eigenvalue weighted by Crippen LogP contribution is 2.20. The second kappa shape index (κ2) is 19.4. The Bertz CT molecular complexity index is 1700. The zero-order valence-electron chi connectivity index (χ0n) is 29.0. The smallest absolute Gasteiger partial charge is 0.290 e. The number of nitrogens with two attached hydrogens (primary N) is 2. The summed E-state index contributed by atoms with van der Waals surface area (Å²) in [4.78, 5) is 98.2. The van der Waals surface area contributed by atoms with Gasteiger partial charge in [0.2, 0.25) is 35.8 Å². The van der Waals surface area contributed by atoms with Crippen molar-refractivity contribution in [3.63, 3.8) is 0 Å². The van der Waals surface area contributed by atoms with Gasteiger partial charge >= 0.3 is 0 Å². The third-order valence-corrected chi connectivity index (χ3v) is 8.79. The highest BCUT2D eigenvalue weighted by atomic mass is 16.3. The summed E-state index contributed by atoms with van der Waals surface area (Å²) >= 11 is 0. The molecule has 6 amide bonds. The molecule has 5 atom stereocenters. The molecular weight excluding hydrogens is 686 g/mol. The quantitative estimate of drug-likeness (QED) is 0.0440. The number of Topliss-reactive ketones (excluding diaryl/α,β-unsaturated/α-hetero) is 1. The lowest BCUT2D eigenvalue weighted by Gasteiger charge is -2.29. The minimum atomic E-state index is -1.37. The molecule has 282 valence electrons. The van der Waals surface area contributed by atoms with E-state index in [-0.39, 0.29) is 63.4 Å². The SMILES string of the molecule is NC(N)=NCCC[C@@H]1NC(=O)[C@@H]2CCCN2C(=O)C(NC=O)CNC(=O)C=C[C@H](Cc2ccc(O)cc2)NC(=O)[C@@H](Cc2ccccc2)NC(=O)C1=O. The molecule has 0 spiro atoms. The molecule has 0 aliphatic carbocycles. The number of nitrogens with one attached hydrogen (secondary N) is 5. The number of rotatable bonds is 10. The number of amides is 6. The molecule has 0 saturated carbocycles. The van der Waals surface area contributed by atoms with Crippen molar-refractivity contribution < 1.29 is 38.7 Å². The lowest BCUT2D eigenvalue weighted by molar-refractivity contribution is -0.143. The summed E-state index contributed by atoms with van der Waals surface area (Å²) in [5.41, 5.74) is 12.2. The first-order valence-electron chi connectivity index (χ1n) is 17.2. The number of phenols is 1. The van der Waals surface area contributed by atoms with Crippen LogP contribution < -0.4 is 38.1 Å². The fourth-order valence-electron chi connectivity index (χ4n) is 6.09. The summed E-state index contributed by atoms with van der Waals surface area (Å²) in [6.07, 6.45) is 3.88. The van der Waals surface area contributed by atoms with Gasteiger partial charge in [-0.15, -0.1) is 0 Å². The van der Waals surface area contributed by atoms with Gasteiger partial charge in [-0.1, -0.05) is 48.5 Å². The zero-order chi connectivity index (χ0) is 38.3. The minimum Gasteiger partial charge on any atom is -0.508 e. The summed E-state index contributed by atoms with van der Waals surface area (Å²) < 4.78 is 0. The van der Waals surface area contributed by atoms with E-state index in [9.17, 15) is 38.7 Å². The second-order valence-electron chi connectivity index (χ2n) is 12.7. The molecule has 0 aromatic heterocycles. The van der Waals surface area contributed by atoms with Crippen LogP contribution in [0.1, 0.15) is 36.8 Å². The van der Waals surface area contributed by atoms with Crippen molar-refractivity contribution in [1.82, 2.24) is 31.5 Å². The van der Waals surface area contributed by atoms with Crippen LogP contribution in [0.4, 0.5) is 0 Å². The Hall–Kier alpha value is -6.26. The van der Waals surface area contributed by atoms with Crippen LogP contribution in [0.3, 0.4) is 0 Å². The molecule has 2 aromatic rings. The van der Waals surface area contributed by atoms with Crippen molar-refractivity contribution in [3.8, 4) is 5.75 Å². The van der Waals surface area contributed by atoms with Gasteiger partial charge in [0.25, 0.3) is 5.91 Å². The molecule has 2 heterocycles. The number of guanidine groups is 1. The average Bonchev–Trinajstić information content (AvgIpc) is 3.64. The van der Waals surface area contributed by atoms with Crippen molar-refractivity contribution >= 4 is 47.7 Å². The molecule has 2 aliphatic rings. The highest BCUT2D eigenvalue weighted by Gasteiger charge is 2.39. The van der Waals surface area contributed by atoms with Crippen LogP contribution in [0, 0.1) is 0 Å². The molecule has 53 heavy (non-hydrogen) atoms. The maximum atomic E-state index is 13.9. The molecule has 10 N–H and O–H groups in total. The highest BCUT2D eigenvalue weighted by molar-refractivity contribution is 6.38. The number of hydrogen-bond donors (Lipinski definition) is 8. The van der Waals surface area contributed by atoms with E-state index >= 15 is 0 Å². The number of aromatic hydroxyl groups is 1. The number of nitrogens with zero attached hydrogens (tertiary/aromatic N) is 2. The normalized spacial score (nSPS) is 23.2. The van der Waals surface area contributed by atoms with Gasteiger partial charge in [-0.2, -0.15) is 0 Å². The van der Waals surface area contributed by atoms with Crippen LogP contribution in [0.5, 0.6) is 5.75 Å². The van der Waals surface area contributed by atoms with Crippen molar-refractivity contribution in [2.75, 3.05) is 19.6 Å². The average molecular weight is 732 g/mol. The number of hydrogen-bond acceptors (Lipinski definition) is 9. The molecule has 1 unspecified atom stereocenters. The summed E-state index contributed by atoms with van der Waals surface area (Å²) in [6.45, 7) is -0.0548. The Morgan fingerprint density at radius 1 is 0.906 bits per heavy atom. The van der Waals surface area contributed by atoms with Gasteiger partial charge in [0, 0.05) is 32.1 Å².